The number of aryl methyl sites for hydroxylation is 1. The fourth-order valence-electron chi connectivity index (χ4n) is 3.99. The predicted octanol–water partition coefficient (Wildman–Crippen LogP) is 3.60. The van der Waals surface area contributed by atoms with Crippen molar-refractivity contribution in [1.29, 1.82) is 0 Å². The lowest BCUT2D eigenvalue weighted by Gasteiger charge is -2.32. The summed E-state index contributed by atoms with van der Waals surface area (Å²) in [5.41, 5.74) is 1.82. The molecule has 0 bridgehead atoms. The van der Waals surface area contributed by atoms with Crippen molar-refractivity contribution in [1.82, 2.24) is 10.2 Å². The number of likely N-dealkylation sites (tertiary alicyclic amines) is 1. The SMILES string of the molecule is Cc1ccoc1C(=O)NC1CCN(C(=O)c2cccc(CS(=O)(=O)c3ccccc3)c2)CC1. The maximum absolute atomic E-state index is 13.0. The predicted molar refractivity (Wildman–Crippen MR) is 124 cm³/mol. The van der Waals surface area contributed by atoms with Crippen LogP contribution in [0, 0.1) is 6.92 Å². The van der Waals surface area contributed by atoms with Gasteiger partial charge in [0.1, 0.15) is 0 Å². The molecule has 33 heavy (non-hydrogen) atoms. The zero-order valence-electron chi connectivity index (χ0n) is 18.4. The van der Waals surface area contributed by atoms with E-state index < -0.39 is 9.84 Å². The van der Waals surface area contributed by atoms with Gasteiger partial charge in [0.05, 0.1) is 16.9 Å². The van der Waals surface area contributed by atoms with Gasteiger partial charge in [0.2, 0.25) is 0 Å². The monoisotopic (exact) mass is 466 g/mol. The van der Waals surface area contributed by atoms with E-state index in [2.05, 4.69) is 5.32 Å². The molecule has 3 aromatic rings. The molecular formula is C25H26N2O5S. The Morgan fingerprint density at radius 2 is 1.76 bits per heavy atom. The van der Waals surface area contributed by atoms with Crippen LogP contribution in [0.3, 0.4) is 0 Å². The molecule has 0 unspecified atom stereocenters. The maximum Gasteiger partial charge on any atom is 0.287 e. The summed E-state index contributed by atoms with van der Waals surface area (Å²) in [5.74, 6) is -0.232. The van der Waals surface area contributed by atoms with Crippen LogP contribution in [0.4, 0.5) is 0 Å². The number of sulfone groups is 1. The van der Waals surface area contributed by atoms with E-state index in [-0.39, 0.29) is 28.5 Å². The summed E-state index contributed by atoms with van der Waals surface area (Å²) in [4.78, 5) is 27.4. The Morgan fingerprint density at radius 3 is 2.42 bits per heavy atom. The molecule has 1 fully saturated rings. The van der Waals surface area contributed by atoms with Crippen LogP contribution < -0.4 is 5.32 Å². The van der Waals surface area contributed by atoms with Gasteiger partial charge in [-0.15, -0.1) is 0 Å². The lowest BCUT2D eigenvalue weighted by Crippen LogP contribution is -2.46. The van der Waals surface area contributed by atoms with E-state index in [1.165, 1.54) is 6.26 Å². The summed E-state index contributed by atoms with van der Waals surface area (Å²) in [7, 11) is -3.49. The molecule has 1 aromatic heterocycles. The van der Waals surface area contributed by atoms with Gasteiger partial charge in [0, 0.05) is 30.3 Å². The minimum Gasteiger partial charge on any atom is -0.459 e. The van der Waals surface area contributed by atoms with Crippen molar-refractivity contribution in [2.45, 2.75) is 36.5 Å². The quantitative estimate of drug-likeness (QED) is 0.599. The number of furan rings is 1. The molecule has 2 amide bonds. The molecule has 2 heterocycles. The third kappa shape index (κ3) is 5.34. The molecule has 1 N–H and O–H groups in total. The number of benzene rings is 2. The van der Waals surface area contributed by atoms with Gasteiger partial charge in [-0.3, -0.25) is 9.59 Å². The van der Waals surface area contributed by atoms with Crippen LogP contribution >= 0.6 is 0 Å². The minimum atomic E-state index is -3.49. The summed E-state index contributed by atoms with van der Waals surface area (Å²) in [6.07, 6.45) is 2.77. The van der Waals surface area contributed by atoms with Crippen LogP contribution in [-0.4, -0.2) is 44.3 Å². The lowest BCUT2D eigenvalue weighted by atomic mass is 10.0. The number of amides is 2. The van der Waals surface area contributed by atoms with Gasteiger partial charge in [0.15, 0.2) is 15.6 Å². The molecular weight excluding hydrogens is 440 g/mol. The van der Waals surface area contributed by atoms with Crippen molar-refractivity contribution < 1.29 is 22.4 Å². The third-order valence-corrected chi connectivity index (χ3v) is 7.52. The molecule has 0 radical (unpaired) electrons. The van der Waals surface area contributed by atoms with E-state index in [4.69, 9.17) is 4.42 Å². The standard InChI is InChI=1S/C25H26N2O5S/c1-18-12-15-32-23(18)24(28)26-21-10-13-27(14-11-21)25(29)20-7-5-6-19(16-20)17-33(30,31)22-8-3-2-4-9-22/h2-9,12,15-16,21H,10-11,13-14,17H2,1H3,(H,26,28). The summed E-state index contributed by atoms with van der Waals surface area (Å²) in [6.45, 7) is 2.83. The van der Waals surface area contributed by atoms with Crippen molar-refractivity contribution in [3.05, 3.63) is 89.4 Å². The van der Waals surface area contributed by atoms with Crippen LogP contribution in [0.25, 0.3) is 0 Å². The van der Waals surface area contributed by atoms with Crippen LogP contribution in [0.5, 0.6) is 0 Å². The highest BCUT2D eigenvalue weighted by Crippen LogP contribution is 2.20. The molecule has 2 aromatic carbocycles. The number of carbonyl (C=O) groups excluding carboxylic acids is 2. The van der Waals surface area contributed by atoms with E-state index in [0.29, 0.717) is 42.8 Å². The summed E-state index contributed by atoms with van der Waals surface area (Å²) >= 11 is 0. The Bertz CT molecular complexity index is 1240. The second kappa shape index (κ2) is 9.62. The van der Waals surface area contributed by atoms with Gasteiger partial charge in [-0.25, -0.2) is 8.42 Å². The van der Waals surface area contributed by atoms with E-state index >= 15 is 0 Å². The number of hydrogen-bond donors (Lipinski definition) is 1. The average molecular weight is 467 g/mol. The Balaban J connectivity index is 1.36. The van der Waals surface area contributed by atoms with Gasteiger partial charge in [0.25, 0.3) is 11.8 Å². The first kappa shape index (κ1) is 22.8. The number of hydrogen-bond acceptors (Lipinski definition) is 5. The Labute approximate surface area is 193 Å². The zero-order valence-corrected chi connectivity index (χ0v) is 19.2. The molecule has 8 heteroatoms. The van der Waals surface area contributed by atoms with Crippen LogP contribution in [0.2, 0.25) is 0 Å². The Hall–Kier alpha value is -3.39. The Morgan fingerprint density at radius 1 is 1.03 bits per heavy atom. The molecule has 1 aliphatic rings. The van der Waals surface area contributed by atoms with Crippen molar-refractivity contribution in [3.8, 4) is 0 Å². The van der Waals surface area contributed by atoms with E-state index in [1.54, 1.807) is 65.6 Å². The van der Waals surface area contributed by atoms with Crippen LogP contribution in [-0.2, 0) is 15.6 Å². The first-order valence-electron chi connectivity index (χ1n) is 10.8. The fourth-order valence-corrected chi connectivity index (χ4v) is 5.35. The second-order valence-electron chi connectivity index (χ2n) is 8.25. The number of nitrogens with zero attached hydrogens (tertiary/aromatic N) is 1. The number of carbonyl (C=O) groups is 2. The van der Waals surface area contributed by atoms with Crippen molar-refractivity contribution >= 4 is 21.7 Å². The molecule has 0 aliphatic carbocycles. The normalized spacial score (nSPS) is 14.8. The molecule has 0 saturated carbocycles. The number of rotatable bonds is 6. The van der Waals surface area contributed by atoms with Crippen molar-refractivity contribution in [2.24, 2.45) is 0 Å². The summed E-state index contributed by atoms with van der Waals surface area (Å²) in [5, 5.41) is 2.97. The van der Waals surface area contributed by atoms with E-state index in [0.717, 1.165) is 5.56 Å². The highest BCUT2D eigenvalue weighted by atomic mass is 32.2. The molecule has 4 rings (SSSR count). The Kier molecular flexibility index (Phi) is 6.65. The molecule has 172 valence electrons. The molecule has 1 aliphatic heterocycles. The molecule has 7 nitrogen and oxygen atoms in total. The van der Waals surface area contributed by atoms with Gasteiger partial charge < -0.3 is 14.6 Å². The summed E-state index contributed by atoms with van der Waals surface area (Å²) < 4.78 is 30.6. The van der Waals surface area contributed by atoms with Crippen molar-refractivity contribution in [3.63, 3.8) is 0 Å². The van der Waals surface area contributed by atoms with E-state index in [1.807, 2.05) is 6.92 Å². The van der Waals surface area contributed by atoms with E-state index in [9.17, 15) is 18.0 Å². The zero-order chi connectivity index (χ0) is 23.4. The van der Waals surface area contributed by atoms with Crippen LogP contribution in [0.1, 0.15) is 44.9 Å². The number of nitrogens with one attached hydrogen (secondary N) is 1. The first-order valence-corrected chi connectivity index (χ1v) is 12.5. The number of piperidine rings is 1. The molecule has 0 spiro atoms. The average Bonchev–Trinajstić information content (AvgIpc) is 3.25. The first-order chi connectivity index (χ1) is 15.8. The maximum atomic E-state index is 13.0. The van der Waals surface area contributed by atoms with Gasteiger partial charge in [-0.1, -0.05) is 30.3 Å². The lowest BCUT2D eigenvalue weighted by molar-refractivity contribution is 0.0695. The largest absolute Gasteiger partial charge is 0.459 e. The topological polar surface area (TPSA) is 96.7 Å². The minimum absolute atomic E-state index is 0.0339. The van der Waals surface area contributed by atoms with Crippen molar-refractivity contribution in [2.75, 3.05) is 13.1 Å². The second-order valence-corrected chi connectivity index (χ2v) is 10.2. The highest BCUT2D eigenvalue weighted by Gasteiger charge is 2.26. The van der Waals surface area contributed by atoms with Gasteiger partial charge in [-0.05, 0) is 55.7 Å². The molecule has 1 saturated heterocycles. The van der Waals surface area contributed by atoms with Gasteiger partial charge in [-0.2, -0.15) is 0 Å². The molecule has 0 atom stereocenters. The smallest absolute Gasteiger partial charge is 0.287 e. The summed E-state index contributed by atoms with van der Waals surface area (Å²) in [6, 6.07) is 16.8. The highest BCUT2D eigenvalue weighted by molar-refractivity contribution is 7.90. The van der Waals surface area contributed by atoms with Crippen LogP contribution in [0.15, 0.2) is 76.2 Å². The van der Waals surface area contributed by atoms with Gasteiger partial charge >= 0.3 is 0 Å². The third-order valence-electron chi connectivity index (χ3n) is 5.82. The fraction of sp³-hybridized carbons (Fsp3) is 0.280.